The molecular weight excluding hydrogens is 228 g/mol. The summed E-state index contributed by atoms with van der Waals surface area (Å²) in [5.74, 6) is 0.734. The number of hydrogen-bond donors (Lipinski definition) is 2. The van der Waals surface area contributed by atoms with Crippen molar-refractivity contribution in [2.75, 3.05) is 12.3 Å². The van der Waals surface area contributed by atoms with Crippen LogP contribution in [0.1, 0.15) is 33.1 Å². The van der Waals surface area contributed by atoms with Crippen molar-refractivity contribution in [3.8, 4) is 5.75 Å². The minimum Gasteiger partial charge on any atom is -0.493 e. The quantitative estimate of drug-likeness (QED) is 0.730. The van der Waals surface area contributed by atoms with Crippen LogP contribution in [-0.2, 0) is 4.79 Å². The molecule has 0 fully saturated rings. The molecule has 1 aromatic rings. The zero-order chi connectivity index (χ0) is 13.4. The van der Waals surface area contributed by atoms with Crippen LogP contribution in [0, 0.1) is 0 Å². The lowest BCUT2D eigenvalue weighted by Gasteiger charge is -2.14. The molecule has 0 saturated heterocycles. The lowest BCUT2D eigenvalue weighted by Crippen LogP contribution is -2.34. The number of carbonyl (C=O) groups is 1. The fraction of sp³-hybridized carbons (Fsp3) is 0.500. The number of ether oxygens (including phenoxy) is 1. The molecule has 0 spiro atoms. The molecule has 0 aliphatic rings. The second-order valence-electron chi connectivity index (χ2n) is 4.25. The fourth-order valence-electron chi connectivity index (χ4n) is 1.66. The first-order valence-electron chi connectivity index (χ1n) is 6.43. The number of rotatable bonds is 7. The third-order valence-electron chi connectivity index (χ3n) is 2.81. The Labute approximate surface area is 109 Å². The molecule has 1 rings (SSSR count). The van der Waals surface area contributed by atoms with Crippen LogP contribution in [0.25, 0.3) is 0 Å². The van der Waals surface area contributed by atoms with Crippen LogP contribution in [0.5, 0.6) is 5.75 Å². The molecule has 4 nitrogen and oxygen atoms in total. The first-order valence-corrected chi connectivity index (χ1v) is 6.43. The van der Waals surface area contributed by atoms with Gasteiger partial charge in [-0.3, -0.25) is 4.79 Å². The van der Waals surface area contributed by atoms with Gasteiger partial charge in [0.2, 0.25) is 5.91 Å². The molecule has 0 radical (unpaired) electrons. The number of benzene rings is 1. The Morgan fingerprint density at radius 3 is 2.72 bits per heavy atom. The van der Waals surface area contributed by atoms with Gasteiger partial charge in [-0.05, 0) is 25.0 Å². The van der Waals surface area contributed by atoms with E-state index in [1.54, 1.807) is 12.1 Å². The molecular formula is C14H22N2O2. The lowest BCUT2D eigenvalue weighted by atomic mass is 10.1. The maximum Gasteiger partial charge on any atom is 0.223 e. The number of anilines is 1. The predicted octanol–water partition coefficient (Wildman–Crippen LogP) is 2.34. The molecule has 0 atom stereocenters. The maximum atomic E-state index is 11.6. The van der Waals surface area contributed by atoms with E-state index in [4.69, 9.17) is 10.5 Å². The van der Waals surface area contributed by atoms with Gasteiger partial charge in [-0.1, -0.05) is 19.9 Å². The molecule has 0 saturated carbocycles. The normalized spacial score (nSPS) is 10.4. The van der Waals surface area contributed by atoms with Crippen LogP contribution in [0.2, 0.25) is 0 Å². The van der Waals surface area contributed by atoms with Crippen LogP contribution >= 0.6 is 0 Å². The van der Waals surface area contributed by atoms with Gasteiger partial charge in [0.05, 0.1) is 13.0 Å². The summed E-state index contributed by atoms with van der Waals surface area (Å²) < 4.78 is 5.47. The summed E-state index contributed by atoms with van der Waals surface area (Å²) in [5, 5.41) is 2.97. The summed E-state index contributed by atoms with van der Waals surface area (Å²) in [6.07, 6.45) is 2.28. The SMILES string of the molecule is CCC(CC)NC(=O)CCOc1cccc(N)c1. The van der Waals surface area contributed by atoms with E-state index in [-0.39, 0.29) is 11.9 Å². The Morgan fingerprint density at radius 1 is 1.39 bits per heavy atom. The van der Waals surface area contributed by atoms with E-state index in [1.165, 1.54) is 0 Å². The Kier molecular flexibility index (Phi) is 6.05. The fourth-order valence-corrected chi connectivity index (χ4v) is 1.66. The van der Waals surface area contributed by atoms with E-state index in [0.717, 1.165) is 12.8 Å². The Hall–Kier alpha value is -1.71. The molecule has 0 aliphatic carbocycles. The van der Waals surface area contributed by atoms with Crippen LogP contribution in [0.15, 0.2) is 24.3 Å². The van der Waals surface area contributed by atoms with Crippen molar-refractivity contribution in [3.63, 3.8) is 0 Å². The highest BCUT2D eigenvalue weighted by molar-refractivity contribution is 5.76. The summed E-state index contributed by atoms with van der Waals surface area (Å²) in [4.78, 5) is 11.6. The molecule has 0 aromatic heterocycles. The molecule has 4 heteroatoms. The smallest absolute Gasteiger partial charge is 0.223 e. The van der Waals surface area contributed by atoms with Gasteiger partial charge >= 0.3 is 0 Å². The third kappa shape index (κ3) is 5.08. The molecule has 18 heavy (non-hydrogen) atoms. The van der Waals surface area contributed by atoms with Gasteiger partial charge in [0, 0.05) is 17.8 Å². The molecule has 3 N–H and O–H groups in total. The van der Waals surface area contributed by atoms with E-state index in [1.807, 2.05) is 12.1 Å². The second-order valence-corrected chi connectivity index (χ2v) is 4.25. The summed E-state index contributed by atoms with van der Waals surface area (Å²) in [5.41, 5.74) is 6.29. The van der Waals surface area contributed by atoms with Crippen LogP contribution in [0.4, 0.5) is 5.69 Å². The summed E-state index contributed by atoms with van der Waals surface area (Å²) in [6.45, 7) is 4.50. The minimum absolute atomic E-state index is 0.0348. The molecule has 100 valence electrons. The highest BCUT2D eigenvalue weighted by Crippen LogP contribution is 2.14. The molecule has 0 unspecified atom stereocenters. The molecule has 0 heterocycles. The number of nitrogens with two attached hydrogens (primary N) is 1. The van der Waals surface area contributed by atoms with Crippen molar-refractivity contribution in [2.45, 2.75) is 39.2 Å². The third-order valence-corrected chi connectivity index (χ3v) is 2.81. The van der Waals surface area contributed by atoms with Crippen molar-refractivity contribution in [1.82, 2.24) is 5.32 Å². The lowest BCUT2D eigenvalue weighted by molar-refractivity contribution is -0.122. The summed E-state index contributed by atoms with van der Waals surface area (Å²) in [7, 11) is 0. The van der Waals surface area contributed by atoms with E-state index < -0.39 is 0 Å². The number of nitrogens with one attached hydrogen (secondary N) is 1. The van der Waals surface area contributed by atoms with Gasteiger partial charge in [0.25, 0.3) is 0 Å². The standard InChI is InChI=1S/C14H22N2O2/c1-3-12(4-2)16-14(17)8-9-18-13-7-5-6-11(15)10-13/h5-7,10,12H,3-4,8-9,15H2,1-2H3,(H,16,17). The van der Waals surface area contributed by atoms with Crippen molar-refractivity contribution in [2.24, 2.45) is 0 Å². The van der Waals surface area contributed by atoms with E-state index in [0.29, 0.717) is 24.5 Å². The molecule has 1 amide bonds. The van der Waals surface area contributed by atoms with Gasteiger partial charge in [-0.25, -0.2) is 0 Å². The van der Waals surface area contributed by atoms with Gasteiger partial charge in [-0.15, -0.1) is 0 Å². The van der Waals surface area contributed by atoms with Gasteiger partial charge < -0.3 is 15.8 Å². The average molecular weight is 250 g/mol. The highest BCUT2D eigenvalue weighted by Gasteiger charge is 2.08. The van der Waals surface area contributed by atoms with E-state index >= 15 is 0 Å². The Morgan fingerprint density at radius 2 is 2.11 bits per heavy atom. The summed E-state index contributed by atoms with van der Waals surface area (Å²) >= 11 is 0. The summed E-state index contributed by atoms with van der Waals surface area (Å²) in [6, 6.07) is 7.47. The van der Waals surface area contributed by atoms with Crippen molar-refractivity contribution in [3.05, 3.63) is 24.3 Å². The second kappa shape index (κ2) is 7.58. The zero-order valence-corrected chi connectivity index (χ0v) is 11.1. The topological polar surface area (TPSA) is 64.3 Å². The average Bonchev–Trinajstić information content (AvgIpc) is 2.36. The predicted molar refractivity (Wildman–Crippen MR) is 73.5 cm³/mol. The van der Waals surface area contributed by atoms with E-state index in [2.05, 4.69) is 19.2 Å². The number of carbonyl (C=O) groups excluding carboxylic acids is 1. The molecule has 0 aliphatic heterocycles. The van der Waals surface area contributed by atoms with Gasteiger partial charge in [0.15, 0.2) is 0 Å². The molecule has 0 bridgehead atoms. The van der Waals surface area contributed by atoms with Crippen molar-refractivity contribution >= 4 is 11.6 Å². The number of amides is 1. The largest absolute Gasteiger partial charge is 0.493 e. The maximum absolute atomic E-state index is 11.6. The van der Waals surface area contributed by atoms with Crippen LogP contribution < -0.4 is 15.8 Å². The zero-order valence-electron chi connectivity index (χ0n) is 11.1. The van der Waals surface area contributed by atoms with Crippen molar-refractivity contribution < 1.29 is 9.53 Å². The Bertz CT molecular complexity index is 376. The first-order chi connectivity index (χ1) is 8.65. The number of hydrogen-bond acceptors (Lipinski definition) is 3. The van der Waals surface area contributed by atoms with Gasteiger partial charge in [0.1, 0.15) is 5.75 Å². The van der Waals surface area contributed by atoms with Crippen LogP contribution in [-0.4, -0.2) is 18.6 Å². The monoisotopic (exact) mass is 250 g/mol. The number of nitrogen functional groups attached to an aromatic ring is 1. The Balaban J connectivity index is 2.27. The van der Waals surface area contributed by atoms with Crippen molar-refractivity contribution in [1.29, 1.82) is 0 Å². The highest BCUT2D eigenvalue weighted by atomic mass is 16.5. The first kappa shape index (κ1) is 14.4. The van der Waals surface area contributed by atoms with Gasteiger partial charge in [-0.2, -0.15) is 0 Å². The van der Waals surface area contributed by atoms with Crippen LogP contribution in [0.3, 0.4) is 0 Å². The molecule has 1 aromatic carbocycles. The minimum atomic E-state index is 0.0348. The van der Waals surface area contributed by atoms with E-state index in [9.17, 15) is 4.79 Å².